The van der Waals surface area contributed by atoms with Gasteiger partial charge in [0.05, 0.1) is 29.2 Å². The number of amides is 1. The smallest absolute Gasteiger partial charge is 0.258 e. The van der Waals surface area contributed by atoms with Crippen LogP contribution in [0.25, 0.3) is 10.9 Å². The van der Waals surface area contributed by atoms with Gasteiger partial charge >= 0.3 is 0 Å². The number of hydrogen-bond donors (Lipinski definition) is 3. The van der Waals surface area contributed by atoms with Crippen molar-refractivity contribution in [2.75, 3.05) is 25.0 Å². The van der Waals surface area contributed by atoms with E-state index in [9.17, 15) is 14.0 Å². The zero-order valence-electron chi connectivity index (χ0n) is 18.1. The minimum atomic E-state index is -0.632. The van der Waals surface area contributed by atoms with Crippen molar-refractivity contribution in [3.63, 3.8) is 0 Å². The summed E-state index contributed by atoms with van der Waals surface area (Å²) in [5, 5.41) is 4.10. The third kappa shape index (κ3) is 4.83. The fourth-order valence-electron chi connectivity index (χ4n) is 4.25. The third-order valence-corrected chi connectivity index (χ3v) is 6.43. The normalized spacial score (nSPS) is 15.5. The first kappa shape index (κ1) is 23.5. The van der Waals surface area contributed by atoms with E-state index in [1.54, 1.807) is 11.0 Å². The maximum Gasteiger partial charge on any atom is 0.258 e. The largest absolute Gasteiger partial charge is 0.374 e. The van der Waals surface area contributed by atoms with Crippen molar-refractivity contribution in [1.82, 2.24) is 14.9 Å². The first-order valence-corrected chi connectivity index (χ1v) is 11.5. The number of halogens is 3. The van der Waals surface area contributed by atoms with Crippen molar-refractivity contribution in [1.29, 1.82) is 0 Å². The quantitative estimate of drug-likeness (QED) is 0.486. The summed E-state index contributed by atoms with van der Waals surface area (Å²) in [6.07, 6.45) is 1.82. The summed E-state index contributed by atoms with van der Waals surface area (Å²) in [7, 11) is 0. The highest BCUT2D eigenvalue weighted by molar-refractivity contribution is 6.35. The van der Waals surface area contributed by atoms with E-state index in [1.807, 2.05) is 13.0 Å². The van der Waals surface area contributed by atoms with Crippen LogP contribution in [0.4, 0.5) is 10.1 Å². The van der Waals surface area contributed by atoms with Gasteiger partial charge in [0.1, 0.15) is 11.6 Å². The number of carbonyl (C=O) groups excluding carboxylic acids is 1. The van der Waals surface area contributed by atoms with Crippen molar-refractivity contribution in [2.45, 2.75) is 32.2 Å². The van der Waals surface area contributed by atoms with Gasteiger partial charge in [-0.1, -0.05) is 23.2 Å². The van der Waals surface area contributed by atoms with E-state index in [4.69, 9.17) is 28.9 Å². The average molecular weight is 492 g/mol. The molecule has 33 heavy (non-hydrogen) atoms. The molecule has 2 aromatic carbocycles. The fourth-order valence-corrected chi connectivity index (χ4v) is 4.94. The maximum absolute atomic E-state index is 14.6. The molecule has 1 aliphatic heterocycles. The number of benzene rings is 2. The van der Waals surface area contributed by atoms with E-state index in [1.165, 1.54) is 6.07 Å². The second-order valence-corrected chi connectivity index (χ2v) is 8.92. The number of nitrogens with one attached hydrogen (secondary N) is 2. The Hall–Kier alpha value is -2.68. The average Bonchev–Trinajstić information content (AvgIpc) is 2.76. The molecule has 1 atom stereocenters. The molecular formula is C23H24Cl2FN5O2. The van der Waals surface area contributed by atoms with Crippen LogP contribution in [0.1, 0.15) is 36.3 Å². The van der Waals surface area contributed by atoms with Crippen molar-refractivity contribution in [2.24, 2.45) is 5.73 Å². The molecule has 0 radical (unpaired) electrons. The Morgan fingerprint density at radius 3 is 2.88 bits per heavy atom. The number of aromatic amines is 1. The minimum absolute atomic E-state index is 0.105. The highest BCUT2D eigenvalue weighted by Crippen LogP contribution is 2.37. The van der Waals surface area contributed by atoms with Gasteiger partial charge in [-0.05, 0) is 61.7 Å². The molecule has 174 valence electrons. The van der Waals surface area contributed by atoms with E-state index >= 15 is 0 Å². The van der Waals surface area contributed by atoms with Crippen LogP contribution in [0.2, 0.25) is 10.0 Å². The van der Waals surface area contributed by atoms with E-state index in [-0.39, 0.29) is 29.6 Å². The minimum Gasteiger partial charge on any atom is -0.374 e. The maximum atomic E-state index is 14.6. The van der Waals surface area contributed by atoms with Crippen LogP contribution in [0, 0.1) is 5.82 Å². The lowest BCUT2D eigenvalue weighted by molar-refractivity contribution is -0.131. The second-order valence-electron chi connectivity index (χ2n) is 8.08. The standard InChI is InChI=1S/C23H24Cl2FN5O2/c1-12-22-13(7-14(24)8-16(22)25)4-6-31(12)21(32)11-28-19-10-18-15(9-17(19)26)23(33)30-20(29-18)3-2-5-27/h7-10,12,28H,2-6,11,27H2,1H3,(H,29,30,33). The van der Waals surface area contributed by atoms with Crippen molar-refractivity contribution in [3.05, 3.63) is 67.4 Å². The van der Waals surface area contributed by atoms with Crippen LogP contribution in [0.15, 0.2) is 29.1 Å². The van der Waals surface area contributed by atoms with Gasteiger partial charge in [-0.25, -0.2) is 9.37 Å². The van der Waals surface area contributed by atoms with Crippen LogP contribution >= 0.6 is 23.2 Å². The topological polar surface area (TPSA) is 104 Å². The molecule has 0 bridgehead atoms. The monoisotopic (exact) mass is 491 g/mol. The number of aryl methyl sites for hydroxylation is 1. The van der Waals surface area contributed by atoms with Crippen molar-refractivity contribution < 1.29 is 9.18 Å². The number of hydrogen-bond acceptors (Lipinski definition) is 5. The number of nitrogens with zero attached hydrogens (tertiary/aromatic N) is 2. The van der Waals surface area contributed by atoms with Crippen LogP contribution in [-0.2, 0) is 17.6 Å². The highest BCUT2D eigenvalue weighted by atomic mass is 35.5. The molecule has 2 heterocycles. The number of rotatable bonds is 6. The zero-order chi connectivity index (χ0) is 23.7. The molecule has 0 fully saturated rings. The van der Waals surface area contributed by atoms with E-state index in [0.717, 1.165) is 17.2 Å². The van der Waals surface area contributed by atoms with Gasteiger partial charge < -0.3 is 20.9 Å². The lowest BCUT2D eigenvalue weighted by atomic mass is 9.93. The van der Waals surface area contributed by atoms with Crippen LogP contribution in [0.3, 0.4) is 0 Å². The lowest BCUT2D eigenvalue weighted by Gasteiger charge is -2.36. The van der Waals surface area contributed by atoms with E-state index in [0.29, 0.717) is 53.7 Å². The molecule has 0 aliphatic carbocycles. The van der Waals surface area contributed by atoms with Gasteiger partial charge in [0, 0.05) is 23.0 Å². The Morgan fingerprint density at radius 1 is 1.33 bits per heavy atom. The van der Waals surface area contributed by atoms with Gasteiger partial charge in [0.2, 0.25) is 5.91 Å². The molecule has 4 N–H and O–H groups in total. The first-order chi connectivity index (χ1) is 15.8. The molecule has 7 nitrogen and oxygen atoms in total. The Labute approximate surface area is 200 Å². The third-order valence-electron chi connectivity index (χ3n) is 5.90. The summed E-state index contributed by atoms with van der Waals surface area (Å²) in [5.74, 6) is -0.336. The summed E-state index contributed by atoms with van der Waals surface area (Å²) >= 11 is 12.5. The van der Waals surface area contributed by atoms with Crippen LogP contribution in [-0.4, -0.2) is 40.4 Å². The van der Waals surface area contributed by atoms with Crippen molar-refractivity contribution in [3.8, 4) is 0 Å². The molecule has 1 aromatic heterocycles. The predicted octanol–water partition coefficient (Wildman–Crippen LogP) is 3.82. The SMILES string of the molecule is CC1c2c(Cl)cc(Cl)cc2CCN1C(=O)CNc1cc2nc(CCCN)[nH]c(=O)c2cc1F. The Kier molecular flexibility index (Phi) is 6.88. The zero-order valence-corrected chi connectivity index (χ0v) is 19.6. The second kappa shape index (κ2) is 9.67. The molecule has 10 heteroatoms. The fraction of sp³-hybridized carbons (Fsp3) is 0.348. The highest BCUT2D eigenvalue weighted by Gasteiger charge is 2.29. The van der Waals surface area contributed by atoms with E-state index < -0.39 is 11.4 Å². The Morgan fingerprint density at radius 2 is 2.12 bits per heavy atom. The molecule has 1 unspecified atom stereocenters. The molecular weight excluding hydrogens is 468 g/mol. The van der Waals surface area contributed by atoms with Crippen LogP contribution < -0.4 is 16.6 Å². The molecule has 1 aliphatic rings. The van der Waals surface area contributed by atoms with Crippen molar-refractivity contribution >= 4 is 45.7 Å². The summed E-state index contributed by atoms with van der Waals surface area (Å²) in [5.41, 5.74) is 7.48. The molecule has 0 saturated heterocycles. The van der Waals surface area contributed by atoms with E-state index in [2.05, 4.69) is 15.3 Å². The Bertz CT molecular complexity index is 1280. The molecule has 3 aromatic rings. The predicted molar refractivity (Wildman–Crippen MR) is 128 cm³/mol. The first-order valence-electron chi connectivity index (χ1n) is 10.7. The molecule has 0 spiro atoms. The van der Waals surface area contributed by atoms with Gasteiger partial charge in [-0.2, -0.15) is 0 Å². The summed E-state index contributed by atoms with van der Waals surface area (Å²) < 4.78 is 14.6. The van der Waals surface area contributed by atoms with Gasteiger partial charge in [-0.15, -0.1) is 0 Å². The number of H-pyrrole nitrogens is 1. The number of carbonyl (C=O) groups is 1. The lowest BCUT2D eigenvalue weighted by Crippen LogP contribution is -2.42. The van der Waals surface area contributed by atoms with Gasteiger partial charge in [-0.3, -0.25) is 9.59 Å². The molecule has 1 amide bonds. The van der Waals surface area contributed by atoms with Crippen LogP contribution in [0.5, 0.6) is 0 Å². The number of nitrogens with two attached hydrogens (primary N) is 1. The molecule has 4 rings (SSSR count). The summed E-state index contributed by atoms with van der Waals surface area (Å²) in [6.45, 7) is 2.77. The van der Waals surface area contributed by atoms with Gasteiger partial charge in [0.15, 0.2) is 0 Å². The number of fused-ring (bicyclic) bond motifs is 2. The summed E-state index contributed by atoms with van der Waals surface area (Å²) in [6, 6.07) is 5.89. The Balaban J connectivity index is 1.52. The number of anilines is 1. The number of aromatic nitrogens is 2. The van der Waals surface area contributed by atoms with Gasteiger partial charge in [0.25, 0.3) is 5.56 Å². The summed E-state index contributed by atoms with van der Waals surface area (Å²) in [4.78, 5) is 34.0. The molecule has 0 saturated carbocycles.